The zero-order chi connectivity index (χ0) is 6.32. The zero-order valence-electron chi connectivity index (χ0n) is 5.56. The first kappa shape index (κ1) is 5.69. The predicted molar refractivity (Wildman–Crippen MR) is 34.2 cm³/mol. The largest absolute Gasteiger partial charge is 0.316 e. The van der Waals surface area contributed by atoms with Gasteiger partial charge in [0.15, 0.2) is 0 Å². The fraction of sp³-hybridized carbons (Fsp3) is 1.00. The van der Waals surface area contributed by atoms with Gasteiger partial charge in [0.25, 0.3) is 0 Å². The molecule has 0 aromatic rings. The molecule has 0 unspecified atom stereocenters. The molecule has 0 atom stereocenters. The molecule has 0 amide bonds. The Morgan fingerprint density at radius 2 is 2.00 bits per heavy atom. The highest BCUT2D eigenvalue weighted by Gasteiger charge is 2.44. The zero-order valence-corrected chi connectivity index (χ0v) is 5.56. The van der Waals surface area contributed by atoms with Gasteiger partial charge in [0.05, 0.1) is 0 Å². The van der Waals surface area contributed by atoms with Gasteiger partial charge in [-0.2, -0.15) is 5.48 Å². The first-order chi connectivity index (χ1) is 4.35. The number of hydrogen-bond donors (Lipinski definition) is 2. The van der Waals surface area contributed by atoms with E-state index < -0.39 is 0 Å². The molecule has 2 bridgehead atoms. The van der Waals surface area contributed by atoms with Crippen molar-refractivity contribution in [1.82, 2.24) is 5.48 Å². The van der Waals surface area contributed by atoms with Crippen LogP contribution < -0.4 is 5.48 Å². The summed E-state index contributed by atoms with van der Waals surface area (Å²) in [5, 5.41) is 8.79. The summed E-state index contributed by atoms with van der Waals surface area (Å²) in [6.07, 6.45) is 6.24. The van der Waals surface area contributed by atoms with E-state index in [0.717, 1.165) is 5.92 Å². The second-order valence-corrected chi connectivity index (χ2v) is 3.54. The predicted octanol–water partition coefficient (Wildman–Crippen LogP) is 1.30. The molecule has 2 saturated carbocycles. The molecule has 52 valence electrons. The van der Waals surface area contributed by atoms with E-state index in [0.29, 0.717) is 0 Å². The molecule has 9 heavy (non-hydrogen) atoms. The number of rotatable bonds is 1. The number of fused-ring (bicyclic) bond motifs is 2. The monoisotopic (exact) mass is 127 g/mol. The molecule has 0 radical (unpaired) electrons. The molecule has 0 aliphatic heterocycles. The number of nitrogens with one attached hydrogen (secondary N) is 1. The van der Waals surface area contributed by atoms with Crippen molar-refractivity contribution < 1.29 is 5.21 Å². The lowest BCUT2D eigenvalue weighted by Gasteiger charge is -2.23. The Morgan fingerprint density at radius 1 is 1.33 bits per heavy atom. The molecule has 2 aliphatic rings. The van der Waals surface area contributed by atoms with Gasteiger partial charge in [-0.05, 0) is 38.0 Å². The van der Waals surface area contributed by atoms with E-state index >= 15 is 0 Å². The molecule has 2 rings (SSSR count). The number of hydrogen-bond acceptors (Lipinski definition) is 2. The third kappa shape index (κ3) is 0.700. The highest BCUT2D eigenvalue weighted by Crippen LogP contribution is 2.47. The van der Waals surface area contributed by atoms with E-state index in [2.05, 4.69) is 5.48 Å². The summed E-state index contributed by atoms with van der Waals surface area (Å²) in [6.45, 7) is 0. The molecular formula is C7H13NO. The Balaban J connectivity index is 2.13. The van der Waals surface area contributed by atoms with E-state index in [4.69, 9.17) is 5.21 Å². The summed E-state index contributed by atoms with van der Waals surface area (Å²) in [5.41, 5.74) is 2.63. The van der Waals surface area contributed by atoms with Gasteiger partial charge in [0.2, 0.25) is 0 Å². The molecule has 2 aliphatic carbocycles. The summed E-state index contributed by atoms with van der Waals surface area (Å²) in [6, 6.07) is 0. The van der Waals surface area contributed by atoms with Gasteiger partial charge < -0.3 is 5.21 Å². The van der Waals surface area contributed by atoms with Gasteiger partial charge in [-0.15, -0.1) is 0 Å². The molecule has 2 nitrogen and oxygen atoms in total. The summed E-state index contributed by atoms with van der Waals surface area (Å²) >= 11 is 0. The van der Waals surface area contributed by atoms with Crippen molar-refractivity contribution >= 4 is 0 Å². The Hall–Kier alpha value is -0.0800. The minimum absolute atomic E-state index is 0.157. The second kappa shape index (κ2) is 1.70. The van der Waals surface area contributed by atoms with Gasteiger partial charge in [-0.25, -0.2) is 0 Å². The van der Waals surface area contributed by atoms with Crippen LogP contribution in [-0.2, 0) is 0 Å². The summed E-state index contributed by atoms with van der Waals surface area (Å²) < 4.78 is 0. The Labute approximate surface area is 55.2 Å². The average Bonchev–Trinajstić information content (AvgIpc) is 2.46. The normalized spacial score (nSPS) is 48.3. The lowest BCUT2D eigenvalue weighted by molar-refractivity contribution is 0.0663. The maximum absolute atomic E-state index is 8.79. The van der Waals surface area contributed by atoms with Crippen LogP contribution in [0.2, 0.25) is 0 Å². The Bertz CT molecular complexity index is 116. The number of hydroxylamine groups is 1. The van der Waals surface area contributed by atoms with Crippen LogP contribution in [0, 0.1) is 5.92 Å². The smallest absolute Gasteiger partial charge is 0.0433 e. The third-order valence-electron chi connectivity index (χ3n) is 2.98. The maximum Gasteiger partial charge on any atom is 0.0433 e. The van der Waals surface area contributed by atoms with E-state index in [1.54, 1.807) is 0 Å². The minimum atomic E-state index is 0.157. The van der Waals surface area contributed by atoms with Gasteiger partial charge in [-0.1, -0.05) is 0 Å². The summed E-state index contributed by atoms with van der Waals surface area (Å²) in [7, 11) is 0. The van der Waals surface area contributed by atoms with Crippen molar-refractivity contribution in [3.05, 3.63) is 0 Å². The SMILES string of the molecule is ONC12CCC(CC1)C2. The van der Waals surface area contributed by atoms with Crippen LogP contribution in [-0.4, -0.2) is 10.7 Å². The van der Waals surface area contributed by atoms with Crippen LogP contribution in [0.5, 0.6) is 0 Å². The minimum Gasteiger partial charge on any atom is -0.316 e. The molecular weight excluding hydrogens is 114 g/mol. The van der Waals surface area contributed by atoms with E-state index in [1.807, 2.05) is 0 Å². The molecule has 0 spiro atoms. The van der Waals surface area contributed by atoms with Crippen LogP contribution >= 0.6 is 0 Å². The van der Waals surface area contributed by atoms with E-state index in [1.165, 1.54) is 32.1 Å². The summed E-state index contributed by atoms with van der Waals surface area (Å²) in [4.78, 5) is 0. The van der Waals surface area contributed by atoms with Crippen molar-refractivity contribution in [2.75, 3.05) is 0 Å². The quantitative estimate of drug-likeness (QED) is 0.520. The first-order valence-electron chi connectivity index (χ1n) is 3.76. The molecule has 0 heterocycles. The molecule has 0 aromatic carbocycles. The molecule has 0 saturated heterocycles. The van der Waals surface area contributed by atoms with Crippen molar-refractivity contribution in [1.29, 1.82) is 0 Å². The average molecular weight is 127 g/mol. The van der Waals surface area contributed by atoms with Crippen LogP contribution in [0.1, 0.15) is 32.1 Å². The van der Waals surface area contributed by atoms with Crippen molar-refractivity contribution in [2.45, 2.75) is 37.6 Å². The van der Waals surface area contributed by atoms with Crippen LogP contribution in [0.25, 0.3) is 0 Å². The summed E-state index contributed by atoms with van der Waals surface area (Å²) in [5.74, 6) is 0.921. The second-order valence-electron chi connectivity index (χ2n) is 3.54. The highest BCUT2D eigenvalue weighted by atomic mass is 16.5. The topological polar surface area (TPSA) is 32.3 Å². The van der Waals surface area contributed by atoms with Gasteiger partial charge in [0, 0.05) is 5.54 Å². The Morgan fingerprint density at radius 3 is 2.22 bits per heavy atom. The van der Waals surface area contributed by atoms with Crippen LogP contribution in [0.15, 0.2) is 0 Å². The molecule has 2 heteroatoms. The van der Waals surface area contributed by atoms with Crippen molar-refractivity contribution in [3.8, 4) is 0 Å². The first-order valence-corrected chi connectivity index (χ1v) is 3.76. The highest BCUT2D eigenvalue weighted by molar-refractivity contribution is 5.00. The van der Waals surface area contributed by atoms with E-state index in [9.17, 15) is 0 Å². The van der Waals surface area contributed by atoms with Gasteiger partial charge in [0.1, 0.15) is 0 Å². The fourth-order valence-electron chi connectivity index (χ4n) is 2.35. The third-order valence-corrected chi connectivity index (χ3v) is 2.98. The Kier molecular flexibility index (Phi) is 1.08. The fourth-order valence-corrected chi connectivity index (χ4v) is 2.35. The maximum atomic E-state index is 8.79. The standard InChI is InChI=1S/C7H13NO/c9-8-7-3-1-6(5-7)2-4-7/h6,8-9H,1-5H2. The molecule has 2 N–H and O–H groups in total. The van der Waals surface area contributed by atoms with Gasteiger partial charge >= 0.3 is 0 Å². The molecule has 2 fully saturated rings. The lowest BCUT2D eigenvalue weighted by Crippen LogP contribution is -2.38. The molecule has 0 aromatic heterocycles. The van der Waals surface area contributed by atoms with Crippen molar-refractivity contribution in [2.24, 2.45) is 5.92 Å². The van der Waals surface area contributed by atoms with Crippen molar-refractivity contribution in [3.63, 3.8) is 0 Å². The van der Waals surface area contributed by atoms with Crippen LogP contribution in [0.4, 0.5) is 0 Å². The van der Waals surface area contributed by atoms with Crippen LogP contribution in [0.3, 0.4) is 0 Å². The lowest BCUT2D eigenvalue weighted by atomic mass is 9.95. The van der Waals surface area contributed by atoms with E-state index in [-0.39, 0.29) is 5.54 Å². The van der Waals surface area contributed by atoms with Gasteiger partial charge in [-0.3, -0.25) is 0 Å².